The van der Waals surface area contributed by atoms with Gasteiger partial charge in [-0.2, -0.15) is 0 Å². The van der Waals surface area contributed by atoms with E-state index >= 15 is 0 Å². The molecule has 0 atom stereocenters. The normalized spacial score (nSPS) is 11.2. The highest BCUT2D eigenvalue weighted by atomic mass is 16.4. The predicted octanol–water partition coefficient (Wildman–Crippen LogP) is 4.43. The number of rotatable bonds is 3. The molecule has 2 N–H and O–H groups in total. The number of para-hydroxylation sites is 1. The van der Waals surface area contributed by atoms with Gasteiger partial charge in [-0.1, -0.05) is 45.0 Å². The molecule has 0 saturated carbocycles. The Labute approximate surface area is 119 Å². The maximum atomic E-state index is 11.2. The Morgan fingerprint density at radius 2 is 1.75 bits per heavy atom. The first-order valence-corrected chi connectivity index (χ1v) is 6.58. The summed E-state index contributed by atoms with van der Waals surface area (Å²) in [5.41, 5.74) is 3.03. The third kappa shape index (κ3) is 3.18. The lowest BCUT2D eigenvalue weighted by molar-refractivity contribution is 0.0698. The van der Waals surface area contributed by atoms with Crippen LogP contribution < -0.4 is 5.32 Å². The quantitative estimate of drug-likeness (QED) is 0.866. The lowest BCUT2D eigenvalue weighted by Gasteiger charge is -2.20. The van der Waals surface area contributed by atoms with E-state index in [4.69, 9.17) is 0 Å². The molecule has 3 nitrogen and oxygen atoms in total. The summed E-state index contributed by atoms with van der Waals surface area (Å²) in [4.78, 5) is 11.2. The van der Waals surface area contributed by atoms with E-state index in [-0.39, 0.29) is 11.0 Å². The molecule has 2 aromatic rings. The number of aromatic carboxylic acids is 1. The van der Waals surface area contributed by atoms with Crippen LogP contribution in [0.15, 0.2) is 48.5 Å². The summed E-state index contributed by atoms with van der Waals surface area (Å²) < 4.78 is 0. The van der Waals surface area contributed by atoms with Crippen molar-refractivity contribution >= 4 is 17.3 Å². The van der Waals surface area contributed by atoms with Crippen molar-refractivity contribution in [3.8, 4) is 0 Å². The maximum Gasteiger partial charge on any atom is 0.337 e. The summed E-state index contributed by atoms with van der Waals surface area (Å²) >= 11 is 0. The molecule has 0 unspecified atom stereocenters. The van der Waals surface area contributed by atoms with Gasteiger partial charge in [0.15, 0.2) is 0 Å². The van der Waals surface area contributed by atoms with Crippen molar-refractivity contribution in [2.45, 2.75) is 26.2 Å². The van der Waals surface area contributed by atoms with Crippen LogP contribution >= 0.6 is 0 Å². The largest absolute Gasteiger partial charge is 0.478 e. The second kappa shape index (κ2) is 5.37. The Hall–Kier alpha value is -2.29. The number of hydrogen-bond acceptors (Lipinski definition) is 2. The van der Waals surface area contributed by atoms with Gasteiger partial charge in [0.05, 0.1) is 11.3 Å². The van der Waals surface area contributed by atoms with Crippen LogP contribution in [0.25, 0.3) is 0 Å². The lowest BCUT2D eigenvalue weighted by atomic mass is 9.87. The van der Waals surface area contributed by atoms with Crippen LogP contribution in [0.2, 0.25) is 0 Å². The monoisotopic (exact) mass is 269 g/mol. The van der Waals surface area contributed by atoms with E-state index in [1.165, 1.54) is 5.56 Å². The summed E-state index contributed by atoms with van der Waals surface area (Å²) in [5.74, 6) is -0.930. The van der Waals surface area contributed by atoms with Gasteiger partial charge in [0.2, 0.25) is 0 Å². The number of nitrogens with one attached hydrogen (secondary N) is 1. The van der Waals surface area contributed by atoms with E-state index < -0.39 is 5.97 Å². The average Bonchev–Trinajstić information content (AvgIpc) is 2.38. The van der Waals surface area contributed by atoms with Crippen LogP contribution in [0.4, 0.5) is 11.4 Å². The van der Waals surface area contributed by atoms with Crippen molar-refractivity contribution in [3.05, 3.63) is 59.7 Å². The molecule has 0 radical (unpaired) electrons. The van der Waals surface area contributed by atoms with Gasteiger partial charge in [-0.05, 0) is 35.2 Å². The molecule has 0 heterocycles. The molecule has 0 amide bonds. The molecule has 20 heavy (non-hydrogen) atoms. The topological polar surface area (TPSA) is 49.3 Å². The molecule has 2 aromatic carbocycles. The number of carboxylic acids is 1. The van der Waals surface area contributed by atoms with Crippen LogP contribution in [0.3, 0.4) is 0 Å². The van der Waals surface area contributed by atoms with E-state index in [2.05, 4.69) is 38.2 Å². The molecule has 0 saturated heterocycles. The van der Waals surface area contributed by atoms with Gasteiger partial charge in [0.1, 0.15) is 0 Å². The van der Waals surface area contributed by atoms with Crippen LogP contribution in [0.1, 0.15) is 36.7 Å². The predicted molar refractivity (Wildman–Crippen MR) is 81.8 cm³/mol. The minimum atomic E-state index is -0.930. The minimum absolute atomic E-state index is 0.0595. The van der Waals surface area contributed by atoms with Gasteiger partial charge in [0, 0.05) is 5.69 Å². The summed E-state index contributed by atoms with van der Waals surface area (Å²) in [6.07, 6.45) is 0. The first-order valence-electron chi connectivity index (χ1n) is 6.58. The minimum Gasteiger partial charge on any atom is -0.478 e. The third-order valence-corrected chi connectivity index (χ3v) is 3.17. The number of benzene rings is 2. The van der Waals surface area contributed by atoms with Crippen LogP contribution in [-0.4, -0.2) is 11.1 Å². The summed E-state index contributed by atoms with van der Waals surface area (Å²) in [5, 5.41) is 12.4. The van der Waals surface area contributed by atoms with E-state index in [0.29, 0.717) is 5.69 Å². The van der Waals surface area contributed by atoms with Crippen LogP contribution in [0, 0.1) is 0 Å². The molecular weight excluding hydrogens is 250 g/mol. The SMILES string of the molecule is CC(C)(C)c1cccc(Nc2ccccc2C(=O)O)c1. The molecule has 2 rings (SSSR count). The zero-order valence-electron chi connectivity index (χ0n) is 12.0. The van der Waals surface area contributed by atoms with Crippen molar-refractivity contribution in [1.29, 1.82) is 0 Å². The summed E-state index contributed by atoms with van der Waals surface area (Å²) in [6.45, 7) is 6.45. The molecule has 104 valence electrons. The number of anilines is 2. The van der Waals surface area contributed by atoms with Crippen molar-refractivity contribution in [2.24, 2.45) is 0 Å². The third-order valence-electron chi connectivity index (χ3n) is 3.17. The highest BCUT2D eigenvalue weighted by Gasteiger charge is 2.14. The fraction of sp³-hybridized carbons (Fsp3) is 0.235. The number of hydrogen-bond donors (Lipinski definition) is 2. The van der Waals surface area contributed by atoms with Gasteiger partial charge < -0.3 is 10.4 Å². The Kier molecular flexibility index (Phi) is 3.79. The number of carboxylic acid groups (broad SMARTS) is 1. The fourth-order valence-corrected chi connectivity index (χ4v) is 2.00. The second-order valence-corrected chi connectivity index (χ2v) is 5.81. The van der Waals surface area contributed by atoms with Gasteiger partial charge in [0.25, 0.3) is 0 Å². The summed E-state index contributed by atoms with van der Waals surface area (Å²) in [7, 11) is 0. The zero-order chi connectivity index (χ0) is 14.8. The smallest absolute Gasteiger partial charge is 0.337 e. The highest BCUT2D eigenvalue weighted by Crippen LogP contribution is 2.27. The Morgan fingerprint density at radius 3 is 2.40 bits per heavy atom. The molecule has 0 fully saturated rings. The molecule has 0 bridgehead atoms. The van der Waals surface area contributed by atoms with Crippen LogP contribution in [0.5, 0.6) is 0 Å². The second-order valence-electron chi connectivity index (χ2n) is 5.81. The van der Waals surface area contributed by atoms with Crippen molar-refractivity contribution in [1.82, 2.24) is 0 Å². The molecule has 0 aromatic heterocycles. The van der Waals surface area contributed by atoms with Crippen molar-refractivity contribution < 1.29 is 9.90 Å². The molecule has 0 spiro atoms. The van der Waals surface area contributed by atoms with Gasteiger partial charge >= 0.3 is 5.97 Å². The van der Waals surface area contributed by atoms with Crippen molar-refractivity contribution in [3.63, 3.8) is 0 Å². The zero-order valence-corrected chi connectivity index (χ0v) is 12.0. The van der Waals surface area contributed by atoms with Gasteiger partial charge in [-0.15, -0.1) is 0 Å². The molecule has 0 aliphatic carbocycles. The lowest BCUT2D eigenvalue weighted by Crippen LogP contribution is -2.11. The number of carbonyl (C=O) groups is 1. The maximum absolute atomic E-state index is 11.2. The first-order chi connectivity index (χ1) is 9.38. The van der Waals surface area contributed by atoms with Gasteiger partial charge in [-0.3, -0.25) is 0 Å². The van der Waals surface area contributed by atoms with E-state index in [0.717, 1.165) is 5.69 Å². The Balaban J connectivity index is 2.34. The van der Waals surface area contributed by atoms with Crippen LogP contribution in [-0.2, 0) is 5.41 Å². The molecule has 0 aliphatic rings. The molecular formula is C17H19NO2. The fourth-order valence-electron chi connectivity index (χ4n) is 2.00. The first kappa shape index (κ1) is 14.1. The van der Waals surface area contributed by atoms with E-state index in [1.54, 1.807) is 18.2 Å². The van der Waals surface area contributed by atoms with Gasteiger partial charge in [-0.25, -0.2) is 4.79 Å². The molecule has 3 heteroatoms. The average molecular weight is 269 g/mol. The van der Waals surface area contributed by atoms with Crippen molar-refractivity contribution in [2.75, 3.05) is 5.32 Å². The molecule has 0 aliphatic heterocycles. The summed E-state index contributed by atoms with van der Waals surface area (Å²) in [6, 6.07) is 15.0. The van der Waals surface area contributed by atoms with E-state index in [1.807, 2.05) is 18.2 Å². The Morgan fingerprint density at radius 1 is 1.05 bits per heavy atom. The van der Waals surface area contributed by atoms with E-state index in [9.17, 15) is 9.90 Å². The Bertz CT molecular complexity index is 627. The standard InChI is InChI=1S/C17H19NO2/c1-17(2,3)12-7-6-8-13(11-12)18-15-10-5-4-9-14(15)16(19)20/h4-11,18H,1-3H3,(H,19,20). The highest BCUT2D eigenvalue weighted by molar-refractivity contribution is 5.95.